The van der Waals surface area contributed by atoms with Gasteiger partial charge in [0.15, 0.2) is 0 Å². The predicted molar refractivity (Wildman–Crippen MR) is 90.5 cm³/mol. The summed E-state index contributed by atoms with van der Waals surface area (Å²) < 4.78 is 5.08. The number of carbonyl (C=O) groups is 2. The summed E-state index contributed by atoms with van der Waals surface area (Å²) in [5, 5.41) is 15.3. The molecule has 0 saturated carbocycles. The van der Waals surface area contributed by atoms with Gasteiger partial charge < -0.3 is 20.2 Å². The maximum Gasteiger partial charge on any atom is 0.251 e. The molecule has 24 heavy (non-hydrogen) atoms. The van der Waals surface area contributed by atoms with Crippen LogP contribution in [-0.4, -0.2) is 23.5 Å². The van der Waals surface area contributed by atoms with Gasteiger partial charge in [0.1, 0.15) is 11.9 Å². The van der Waals surface area contributed by atoms with E-state index in [-0.39, 0.29) is 18.4 Å². The lowest BCUT2D eigenvalue weighted by Crippen LogP contribution is -2.29. The molecule has 1 heterocycles. The van der Waals surface area contributed by atoms with Gasteiger partial charge in [0.25, 0.3) is 5.91 Å². The minimum atomic E-state index is -0.910. The van der Waals surface area contributed by atoms with Gasteiger partial charge in [-0.25, -0.2) is 0 Å². The van der Waals surface area contributed by atoms with Crippen molar-refractivity contribution in [2.24, 2.45) is 5.41 Å². The highest BCUT2D eigenvalue weighted by Crippen LogP contribution is 2.18. The van der Waals surface area contributed by atoms with Gasteiger partial charge in [-0.2, -0.15) is 0 Å². The quantitative estimate of drug-likeness (QED) is 0.786. The molecule has 2 rings (SSSR count). The highest BCUT2D eigenvalue weighted by Gasteiger charge is 2.21. The Morgan fingerprint density at radius 1 is 1.21 bits per heavy atom. The number of nitrogens with one attached hydrogen (secondary N) is 2. The van der Waals surface area contributed by atoms with Crippen molar-refractivity contribution < 1.29 is 19.1 Å². The van der Waals surface area contributed by atoms with Gasteiger partial charge >= 0.3 is 0 Å². The van der Waals surface area contributed by atoms with Gasteiger partial charge in [-0.15, -0.1) is 0 Å². The summed E-state index contributed by atoms with van der Waals surface area (Å²) in [5.41, 5.74) is 0.424. The first-order valence-corrected chi connectivity index (χ1v) is 7.68. The second-order valence-corrected chi connectivity index (χ2v) is 6.53. The summed E-state index contributed by atoms with van der Waals surface area (Å²) >= 11 is 0. The fourth-order valence-electron chi connectivity index (χ4n) is 1.93. The zero-order valence-electron chi connectivity index (χ0n) is 14.0. The van der Waals surface area contributed by atoms with Crippen LogP contribution in [0, 0.1) is 5.41 Å². The lowest BCUT2D eigenvalue weighted by molar-refractivity contribution is -0.123. The molecule has 0 fully saturated rings. The van der Waals surface area contributed by atoms with Gasteiger partial charge in [-0.1, -0.05) is 26.8 Å². The largest absolute Gasteiger partial charge is 0.467 e. The Labute approximate surface area is 140 Å². The summed E-state index contributed by atoms with van der Waals surface area (Å²) in [4.78, 5) is 24.2. The van der Waals surface area contributed by atoms with Crippen LogP contribution in [0.3, 0.4) is 0 Å². The number of carbonyl (C=O) groups excluding carboxylic acids is 2. The molecule has 6 nitrogen and oxygen atoms in total. The number of amides is 2. The molecule has 1 atom stereocenters. The van der Waals surface area contributed by atoms with Crippen LogP contribution in [0.4, 0.5) is 5.69 Å². The number of furan rings is 1. The van der Waals surface area contributed by atoms with Gasteiger partial charge in [-0.3, -0.25) is 9.59 Å². The predicted octanol–water partition coefficient (Wildman–Crippen LogP) is 2.73. The molecule has 1 unspecified atom stereocenters. The lowest BCUT2D eigenvalue weighted by atomic mass is 9.95. The number of aliphatic hydroxyl groups is 1. The van der Waals surface area contributed by atoms with Crippen molar-refractivity contribution in [3.63, 3.8) is 0 Å². The molecule has 0 spiro atoms. The molecule has 0 radical (unpaired) electrons. The Hall–Kier alpha value is -2.60. The van der Waals surface area contributed by atoms with Crippen LogP contribution < -0.4 is 10.6 Å². The van der Waals surface area contributed by atoms with E-state index < -0.39 is 11.5 Å². The van der Waals surface area contributed by atoms with Crippen LogP contribution in [0.2, 0.25) is 0 Å². The van der Waals surface area contributed by atoms with Crippen LogP contribution in [0.15, 0.2) is 47.1 Å². The van der Waals surface area contributed by atoms with Crippen molar-refractivity contribution in [2.45, 2.75) is 26.9 Å². The number of aliphatic hydroxyl groups excluding tert-OH is 1. The van der Waals surface area contributed by atoms with Crippen LogP contribution in [0.1, 0.15) is 43.0 Å². The van der Waals surface area contributed by atoms with E-state index in [0.717, 1.165) is 0 Å². The van der Waals surface area contributed by atoms with Crippen molar-refractivity contribution >= 4 is 17.5 Å². The summed E-state index contributed by atoms with van der Waals surface area (Å²) in [6.45, 7) is 5.48. The Kier molecular flexibility index (Phi) is 5.41. The average Bonchev–Trinajstić information content (AvgIpc) is 3.06. The third-order valence-electron chi connectivity index (χ3n) is 3.39. The van der Waals surface area contributed by atoms with Crippen molar-refractivity contribution in [1.29, 1.82) is 0 Å². The molecule has 0 aliphatic rings. The summed E-state index contributed by atoms with van der Waals surface area (Å²) in [5.74, 6) is -0.0812. The van der Waals surface area contributed by atoms with Crippen LogP contribution in [-0.2, 0) is 4.79 Å². The zero-order valence-corrected chi connectivity index (χ0v) is 14.0. The molecule has 1 aromatic carbocycles. The SMILES string of the molecule is CC(C)(C)C(=O)Nc1cccc(C(=O)NCC(O)c2ccco2)c1. The van der Waals surface area contributed by atoms with Gasteiger partial charge in [0.05, 0.1) is 12.8 Å². The van der Waals surface area contributed by atoms with Crippen molar-refractivity contribution in [3.05, 3.63) is 54.0 Å². The van der Waals surface area contributed by atoms with E-state index >= 15 is 0 Å². The van der Waals surface area contributed by atoms with Crippen LogP contribution in [0.5, 0.6) is 0 Å². The molecule has 2 aromatic rings. The normalized spacial score (nSPS) is 12.5. The second-order valence-electron chi connectivity index (χ2n) is 6.53. The summed E-state index contributed by atoms with van der Waals surface area (Å²) in [6.07, 6.45) is 0.551. The number of hydrogen-bond donors (Lipinski definition) is 3. The molecule has 2 amide bonds. The monoisotopic (exact) mass is 330 g/mol. The van der Waals surface area contributed by atoms with Gasteiger partial charge in [0, 0.05) is 16.7 Å². The molecular weight excluding hydrogens is 308 g/mol. The van der Waals surface area contributed by atoms with Crippen molar-refractivity contribution in [2.75, 3.05) is 11.9 Å². The molecule has 0 bridgehead atoms. The Balaban J connectivity index is 1.97. The number of benzene rings is 1. The van der Waals surface area contributed by atoms with E-state index in [1.807, 2.05) is 20.8 Å². The first-order chi connectivity index (χ1) is 11.3. The smallest absolute Gasteiger partial charge is 0.251 e. The molecule has 3 N–H and O–H groups in total. The maximum atomic E-state index is 12.2. The van der Waals surface area contributed by atoms with Crippen molar-refractivity contribution in [1.82, 2.24) is 5.32 Å². The highest BCUT2D eigenvalue weighted by atomic mass is 16.4. The molecule has 0 aliphatic heterocycles. The summed E-state index contributed by atoms with van der Waals surface area (Å²) in [6, 6.07) is 9.95. The highest BCUT2D eigenvalue weighted by molar-refractivity contribution is 5.98. The lowest BCUT2D eigenvalue weighted by Gasteiger charge is -2.18. The van der Waals surface area contributed by atoms with Gasteiger partial charge in [-0.05, 0) is 30.3 Å². The minimum absolute atomic E-state index is 0.0327. The van der Waals surface area contributed by atoms with E-state index in [1.165, 1.54) is 6.26 Å². The second kappa shape index (κ2) is 7.31. The number of anilines is 1. The van der Waals surface area contributed by atoms with E-state index in [1.54, 1.807) is 36.4 Å². The molecule has 128 valence electrons. The molecule has 1 aromatic heterocycles. The average molecular weight is 330 g/mol. The third-order valence-corrected chi connectivity index (χ3v) is 3.39. The topological polar surface area (TPSA) is 91.6 Å². The Bertz CT molecular complexity index is 702. The molecular formula is C18H22N2O4. The number of hydrogen-bond acceptors (Lipinski definition) is 4. The first kappa shape index (κ1) is 17.7. The molecule has 0 aliphatic carbocycles. The van der Waals surface area contributed by atoms with Gasteiger partial charge in [0.2, 0.25) is 5.91 Å². The number of rotatable bonds is 5. The first-order valence-electron chi connectivity index (χ1n) is 7.68. The third kappa shape index (κ3) is 4.70. The van der Waals surface area contributed by atoms with Crippen LogP contribution in [0.25, 0.3) is 0 Å². The molecule has 6 heteroatoms. The fourth-order valence-corrected chi connectivity index (χ4v) is 1.93. The molecule has 0 saturated heterocycles. The summed E-state index contributed by atoms with van der Waals surface area (Å²) in [7, 11) is 0. The standard InChI is InChI=1S/C18H22N2O4/c1-18(2,3)17(23)20-13-7-4-6-12(10-13)16(22)19-11-14(21)15-8-5-9-24-15/h4-10,14,21H,11H2,1-3H3,(H,19,22)(H,20,23). The van der Waals surface area contributed by atoms with E-state index in [2.05, 4.69) is 10.6 Å². The Morgan fingerprint density at radius 3 is 2.58 bits per heavy atom. The van der Waals surface area contributed by atoms with E-state index in [0.29, 0.717) is 17.0 Å². The van der Waals surface area contributed by atoms with E-state index in [9.17, 15) is 14.7 Å². The van der Waals surface area contributed by atoms with Crippen molar-refractivity contribution in [3.8, 4) is 0 Å². The fraction of sp³-hybridized carbons (Fsp3) is 0.333. The zero-order chi connectivity index (χ0) is 17.7. The maximum absolute atomic E-state index is 12.2. The van der Waals surface area contributed by atoms with Crippen LogP contribution >= 0.6 is 0 Å². The minimum Gasteiger partial charge on any atom is -0.467 e. The Morgan fingerprint density at radius 2 is 1.96 bits per heavy atom. The van der Waals surface area contributed by atoms with E-state index in [4.69, 9.17) is 4.42 Å².